The minimum atomic E-state index is -0.513. The first kappa shape index (κ1) is 16.8. The largest absolute Gasteiger partial charge is 0.484 e. The molecule has 0 N–H and O–H groups in total. The van der Waals surface area contributed by atoms with Gasteiger partial charge in [0.25, 0.3) is 11.6 Å². The molecule has 0 aliphatic heterocycles. The van der Waals surface area contributed by atoms with Gasteiger partial charge in [-0.1, -0.05) is 29.8 Å². The van der Waals surface area contributed by atoms with Crippen LogP contribution in [0.15, 0.2) is 48.5 Å². The van der Waals surface area contributed by atoms with Crippen molar-refractivity contribution in [3.8, 4) is 5.75 Å². The van der Waals surface area contributed by atoms with Crippen LogP contribution in [-0.4, -0.2) is 29.4 Å². The third-order valence-corrected chi connectivity index (χ3v) is 3.40. The van der Waals surface area contributed by atoms with E-state index in [4.69, 9.17) is 16.3 Å². The molecule has 0 aromatic heterocycles. The van der Waals surface area contributed by atoms with Crippen molar-refractivity contribution in [2.45, 2.75) is 6.54 Å². The Morgan fingerprint density at radius 2 is 1.96 bits per heavy atom. The summed E-state index contributed by atoms with van der Waals surface area (Å²) >= 11 is 5.81. The average Bonchev–Trinajstić information content (AvgIpc) is 2.55. The summed E-state index contributed by atoms with van der Waals surface area (Å²) in [4.78, 5) is 23.7. The highest BCUT2D eigenvalue weighted by Gasteiger charge is 2.12. The van der Waals surface area contributed by atoms with Crippen molar-refractivity contribution in [1.82, 2.24) is 4.90 Å². The second-order valence-electron chi connectivity index (χ2n) is 4.92. The number of hydrogen-bond donors (Lipinski definition) is 0. The molecule has 7 heteroatoms. The van der Waals surface area contributed by atoms with E-state index >= 15 is 0 Å². The lowest BCUT2D eigenvalue weighted by Gasteiger charge is -2.17. The van der Waals surface area contributed by atoms with Crippen LogP contribution in [0.5, 0.6) is 5.75 Å². The van der Waals surface area contributed by atoms with Crippen LogP contribution in [0.3, 0.4) is 0 Å². The van der Waals surface area contributed by atoms with E-state index in [1.54, 1.807) is 25.2 Å². The summed E-state index contributed by atoms with van der Waals surface area (Å²) < 4.78 is 5.32. The Hall–Kier alpha value is -2.60. The van der Waals surface area contributed by atoms with Crippen LogP contribution in [0, 0.1) is 10.1 Å². The molecule has 120 valence electrons. The zero-order valence-corrected chi connectivity index (χ0v) is 13.2. The first-order chi connectivity index (χ1) is 11.0. The number of nitro groups is 1. The van der Waals surface area contributed by atoms with Crippen molar-refractivity contribution in [1.29, 1.82) is 0 Å². The Morgan fingerprint density at radius 3 is 2.61 bits per heavy atom. The molecule has 0 saturated carbocycles. The Kier molecular flexibility index (Phi) is 5.54. The maximum atomic E-state index is 12.0. The highest BCUT2D eigenvalue weighted by Crippen LogP contribution is 2.19. The zero-order valence-electron chi connectivity index (χ0n) is 12.4. The van der Waals surface area contributed by atoms with E-state index in [2.05, 4.69) is 0 Å². The number of nitro benzene ring substituents is 1. The predicted molar refractivity (Wildman–Crippen MR) is 86.5 cm³/mol. The minimum absolute atomic E-state index is 0.0792. The van der Waals surface area contributed by atoms with Gasteiger partial charge in [-0.3, -0.25) is 14.9 Å². The number of nitrogens with zero attached hydrogens (tertiary/aromatic N) is 2. The average molecular weight is 335 g/mol. The summed E-state index contributed by atoms with van der Waals surface area (Å²) in [5.74, 6) is 0.0545. The quantitative estimate of drug-likeness (QED) is 0.600. The smallest absolute Gasteiger partial charge is 0.273 e. The number of non-ortho nitro benzene ring substituents is 1. The van der Waals surface area contributed by atoms with Crippen molar-refractivity contribution in [2.24, 2.45) is 0 Å². The van der Waals surface area contributed by atoms with Crippen molar-refractivity contribution >= 4 is 23.2 Å². The number of carbonyl (C=O) groups excluding carboxylic acids is 1. The summed E-state index contributed by atoms with van der Waals surface area (Å²) in [7, 11) is 1.66. The van der Waals surface area contributed by atoms with E-state index in [0.717, 1.165) is 5.56 Å². The molecule has 0 atom stereocenters. The summed E-state index contributed by atoms with van der Waals surface area (Å²) in [6, 6.07) is 12.9. The molecule has 23 heavy (non-hydrogen) atoms. The maximum absolute atomic E-state index is 12.0. The zero-order chi connectivity index (χ0) is 16.8. The van der Waals surface area contributed by atoms with Gasteiger partial charge in [-0.15, -0.1) is 0 Å². The highest BCUT2D eigenvalue weighted by molar-refractivity contribution is 6.30. The van der Waals surface area contributed by atoms with E-state index < -0.39 is 4.92 Å². The third kappa shape index (κ3) is 4.96. The van der Waals surface area contributed by atoms with Gasteiger partial charge in [-0.2, -0.15) is 0 Å². The molecule has 0 fully saturated rings. The Bertz CT molecular complexity index is 703. The second-order valence-corrected chi connectivity index (χ2v) is 5.36. The van der Waals surface area contributed by atoms with E-state index in [1.807, 2.05) is 12.1 Å². The number of rotatable bonds is 6. The number of carbonyl (C=O) groups is 1. The monoisotopic (exact) mass is 334 g/mol. The van der Waals surface area contributed by atoms with E-state index in [-0.39, 0.29) is 24.0 Å². The van der Waals surface area contributed by atoms with Crippen molar-refractivity contribution in [2.75, 3.05) is 13.7 Å². The van der Waals surface area contributed by atoms with Crippen LogP contribution in [0.1, 0.15) is 5.56 Å². The van der Waals surface area contributed by atoms with Gasteiger partial charge in [-0.25, -0.2) is 0 Å². The van der Waals surface area contributed by atoms with Gasteiger partial charge >= 0.3 is 0 Å². The van der Waals surface area contributed by atoms with Gasteiger partial charge in [-0.05, 0) is 23.8 Å². The number of ether oxygens (including phenoxy) is 1. The van der Waals surface area contributed by atoms with Gasteiger partial charge in [0.1, 0.15) is 5.75 Å². The summed E-state index contributed by atoms with van der Waals surface area (Å²) in [6.07, 6.45) is 0. The lowest BCUT2D eigenvalue weighted by atomic mass is 10.2. The van der Waals surface area contributed by atoms with Gasteiger partial charge in [0.2, 0.25) is 0 Å². The van der Waals surface area contributed by atoms with Gasteiger partial charge in [0, 0.05) is 24.7 Å². The number of amides is 1. The first-order valence-electron chi connectivity index (χ1n) is 6.81. The van der Waals surface area contributed by atoms with Gasteiger partial charge in [0.05, 0.1) is 11.0 Å². The molecule has 0 heterocycles. The van der Waals surface area contributed by atoms with Gasteiger partial charge < -0.3 is 9.64 Å². The van der Waals surface area contributed by atoms with Crippen LogP contribution in [0.2, 0.25) is 5.02 Å². The molecule has 0 saturated heterocycles. The van der Waals surface area contributed by atoms with E-state index in [1.165, 1.54) is 23.1 Å². The van der Waals surface area contributed by atoms with Crippen molar-refractivity contribution < 1.29 is 14.5 Å². The lowest BCUT2D eigenvalue weighted by Crippen LogP contribution is -2.30. The van der Waals surface area contributed by atoms with Crippen LogP contribution in [0.4, 0.5) is 5.69 Å². The minimum Gasteiger partial charge on any atom is -0.484 e. The van der Waals surface area contributed by atoms with Crippen LogP contribution < -0.4 is 4.74 Å². The summed E-state index contributed by atoms with van der Waals surface area (Å²) in [5.41, 5.74) is 0.866. The highest BCUT2D eigenvalue weighted by atomic mass is 35.5. The van der Waals surface area contributed by atoms with Crippen LogP contribution in [-0.2, 0) is 11.3 Å². The predicted octanol–water partition coefficient (Wildman–Crippen LogP) is 3.29. The number of likely N-dealkylation sites (N-methyl/N-ethyl adjacent to an activating group) is 1. The molecule has 0 bridgehead atoms. The molecule has 2 rings (SSSR count). The summed E-state index contributed by atoms with van der Waals surface area (Å²) in [6.45, 7) is 0.236. The second kappa shape index (κ2) is 7.60. The molecular formula is C16H15ClN2O4. The fourth-order valence-corrected chi connectivity index (χ4v) is 2.02. The normalized spacial score (nSPS) is 10.2. The summed E-state index contributed by atoms with van der Waals surface area (Å²) in [5, 5.41) is 11.3. The van der Waals surface area contributed by atoms with E-state index in [9.17, 15) is 14.9 Å². The molecule has 0 spiro atoms. The number of halogens is 1. The van der Waals surface area contributed by atoms with E-state index in [0.29, 0.717) is 11.6 Å². The van der Waals surface area contributed by atoms with Crippen LogP contribution >= 0.6 is 11.6 Å². The molecular weight excluding hydrogens is 320 g/mol. The van der Waals surface area contributed by atoms with Crippen LogP contribution in [0.25, 0.3) is 0 Å². The molecule has 2 aromatic carbocycles. The molecule has 0 aliphatic carbocycles. The number of benzene rings is 2. The molecule has 0 aliphatic rings. The standard InChI is InChI=1S/C16H15ClN2O4/c1-18(10-12-5-7-13(17)8-6-12)16(20)11-23-15-4-2-3-14(9-15)19(21)22/h2-9H,10-11H2,1H3. The lowest BCUT2D eigenvalue weighted by molar-refractivity contribution is -0.384. The Labute approximate surface area is 138 Å². The topological polar surface area (TPSA) is 72.7 Å². The third-order valence-electron chi connectivity index (χ3n) is 3.15. The molecule has 6 nitrogen and oxygen atoms in total. The molecule has 0 unspecified atom stereocenters. The fraction of sp³-hybridized carbons (Fsp3) is 0.188. The van der Waals surface area contributed by atoms with Crippen molar-refractivity contribution in [3.05, 3.63) is 69.2 Å². The molecule has 1 amide bonds. The number of hydrogen-bond acceptors (Lipinski definition) is 4. The molecule has 0 radical (unpaired) electrons. The maximum Gasteiger partial charge on any atom is 0.273 e. The molecule has 2 aromatic rings. The van der Waals surface area contributed by atoms with Crippen molar-refractivity contribution in [3.63, 3.8) is 0 Å². The first-order valence-corrected chi connectivity index (χ1v) is 7.19. The SMILES string of the molecule is CN(Cc1ccc(Cl)cc1)C(=O)COc1cccc([N+](=O)[O-])c1. The van der Waals surface area contributed by atoms with Gasteiger partial charge in [0.15, 0.2) is 6.61 Å². The fourth-order valence-electron chi connectivity index (χ4n) is 1.89. The Morgan fingerprint density at radius 1 is 1.26 bits per heavy atom. The Balaban J connectivity index is 1.90.